The number of rotatable bonds is 3. The first-order chi connectivity index (χ1) is 11.8. The molecule has 0 saturated heterocycles. The lowest BCUT2D eigenvalue weighted by Gasteiger charge is -2.15. The number of pyridine rings is 1. The van der Waals surface area contributed by atoms with Crippen molar-refractivity contribution in [3.63, 3.8) is 0 Å². The molecule has 0 aliphatic heterocycles. The number of nitrogens with one attached hydrogen (secondary N) is 1. The Balaban J connectivity index is 2.23. The molecule has 0 atom stereocenters. The summed E-state index contributed by atoms with van der Waals surface area (Å²) >= 11 is 0. The Hall–Kier alpha value is -2.69. The number of anilines is 2. The number of hydrogen-bond donors (Lipinski definition) is 1. The molecule has 25 heavy (non-hydrogen) atoms. The van der Waals surface area contributed by atoms with Crippen molar-refractivity contribution in [2.75, 3.05) is 5.32 Å². The lowest BCUT2D eigenvalue weighted by Crippen LogP contribution is -2.14. The number of halogens is 1. The summed E-state index contributed by atoms with van der Waals surface area (Å²) in [6, 6.07) is 9.67. The van der Waals surface area contributed by atoms with E-state index in [2.05, 4.69) is 15.4 Å². The van der Waals surface area contributed by atoms with E-state index in [0.717, 1.165) is 16.8 Å². The molecule has 130 valence electrons. The number of benzene rings is 1. The first-order valence-electron chi connectivity index (χ1n) is 8.31. The Morgan fingerprint density at radius 2 is 1.72 bits per heavy atom. The maximum Gasteiger partial charge on any atom is 0.189 e. The van der Waals surface area contributed by atoms with Gasteiger partial charge < -0.3 is 5.32 Å². The number of hydrogen-bond acceptors (Lipinski definition) is 3. The first kappa shape index (κ1) is 17.1. The molecule has 5 heteroatoms. The molecule has 3 aromatic rings. The van der Waals surface area contributed by atoms with Gasteiger partial charge in [-0.3, -0.25) is 4.98 Å². The van der Waals surface area contributed by atoms with Crippen LogP contribution in [0.3, 0.4) is 0 Å². The minimum absolute atomic E-state index is 0.329. The highest BCUT2D eigenvalue weighted by Crippen LogP contribution is 2.33. The molecule has 0 bridgehead atoms. The van der Waals surface area contributed by atoms with E-state index in [9.17, 15) is 0 Å². The Bertz CT molecular complexity index is 872. The van der Waals surface area contributed by atoms with Crippen molar-refractivity contribution in [1.82, 2.24) is 14.8 Å². The largest absolute Gasteiger partial charge is 0.336 e. The second-order valence-corrected chi connectivity index (χ2v) is 7.28. The van der Waals surface area contributed by atoms with Gasteiger partial charge in [0.25, 0.3) is 0 Å². The minimum atomic E-state index is -0.405. The van der Waals surface area contributed by atoms with E-state index < -0.39 is 5.41 Å². The van der Waals surface area contributed by atoms with E-state index in [1.165, 1.54) is 0 Å². The highest BCUT2D eigenvalue weighted by molar-refractivity contribution is 5.61. The van der Waals surface area contributed by atoms with E-state index in [0.29, 0.717) is 17.2 Å². The first-order valence-corrected chi connectivity index (χ1v) is 8.31. The van der Waals surface area contributed by atoms with Gasteiger partial charge in [0.2, 0.25) is 0 Å². The lowest BCUT2D eigenvalue weighted by molar-refractivity contribution is 0.511. The van der Waals surface area contributed by atoms with Crippen LogP contribution in [0.15, 0.2) is 42.7 Å². The topological polar surface area (TPSA) is 42.7 Å². The Labute approximate surface area is 147 Å². The highest BCUT2D eigenvalue weighted by atomic mass is 19.1. The van der Waals surface area contributed by atoms with Gasteiger partial charge in [-0.05, 0) is 37.1 Å². The van der Waals surface area contributed by atoms with Crippen molar-refractivity contribution in [3.8, 4) is 5.69 Å². The van der Waals surface area contributed by atoms with Crippen LogP contribution in [-0.4, -0.2) is 14.8 Å². The fraction of sp³-hybridized carbons (Fsp3) is 0.300. The fourth-order valence-corrected chi connectivity index (χ4v) is 2.86. The summed E-state index contributed by atoms with van der Waals surface area (Å²) < 4.78 is 16.9. The van der Waals surface area contributed by atoms with Crippen molar-refractivity contribution in [3.05, 3.63) is 65.4 Å². The second-order valence-electron chi connectivity index (χ2n) is 7.28. The third-order valence-electron chi connectivity index (χ3n) is 4.11. The summed E-state index contributed by atoms with van der Waals surface area (Å²) in [6.45, 7) is 9.89. The SMILES string of the molecule is Cc1cccc(C)c1-n1nc(C(C)(C)C)c(F)c1Nc1cccnc1. The molecule has 0 saturated carbocycles. The van der Waals surface area contributed by atoms with Crippen molar-refractivity contribution >= 4 is 11.5 Å². The molecule has 1 N–H and O–H groups in total. The maximum absolute atomic E-state index is 15.3. The van der Waals surface area contributed by atoms with Crippen LogP contribution in [0.4, 0.5) is 15.9 Å². The smallest absolute Gasteiger partial charge is 0.189 e. The highest BCUT2D eigenvalue weighted by Gasteiger charge is 2.28. The fourth-order valence-electron chi connectivity index (χ4n) is 2.86. The molecule has 4 nitrogen and oxygen atoms in total. The summed E-state index contributed by atoms with van der Waals surface area (Å²) in [5.41, 5.74) is 3.71. The van der Waals surface area contributed by atoms with Crippen LogP contribution in [0.1, 0.15) is 37.6 Å². The Kier molecular flexibility index (Phi) is 4.33. The molecule has 0 amide bonds. The van der Waals surface area contributed by atoms with Crippen molar-refractivity contribution in [1.29, 1.82) is 0 Å². The van der Waals surface area contributed by atoms with Gasteiger partial charge in [-0.2, -0.15) is 5.10 Å². The summed E-state index contributed by atoms with van der Waals surface area (Å²) in [5, 5.41) is 7.78. The Morgan fingerprint density at radius 3 is 2.28 bits per heavy atom. The molecule has 1 aromatic carbocycles. The van der Waals surface area contributed by atoms with E-state index in [-0.39, 0.29) is 5.82 Å². The number of nitrogens with zero attached hydrogens (tertiary/aromatic N) is 3. The molecule has 0 unspecified atom stereocenters. The van der Waals surface area contributed by atoms with Gasteiger partial charge in [0, 0.05) is 11.6 Å². The predicted octanol–water partition coefficient (Wildman–Crippen LogP) is 5.06. The summed E-state index contributed by atoms with van der Waals surface area (Å²) in [5.74, 6) is -0.00525. The van der Waals surface area contributed by atoms with E-state index in [1.54, 1.807) is 17.1 Å². The summed E-state index contributed by atoms with van der Waals surface area (Å²) in [6.07, 6.45) is 3.35. The zero-order valence-electron chi connectivity index (χ0n) is 15.3. The molecule has 0 aliphatic rings. The normalized spacial score (nSPS) is 11.6. The van der Waals surface area contributed by atoms with Crippen molar-refractivity contribution in [2.24, 2.45) is 0 Å². The van der Waals surface area contributed by atoms with Crippen LogP contribution in [0.2, 0.25) is 0 Å². The van der Waals surface area contributed by atoms with Gasteiger partial charge in [-0.15, -0.1) is 0 Å². The van der Waals surface area contributed by atoms with Gasteiger partial charge in [0.15, 0.2) is 11.6 Å². The molecular formula is C20H23FN4. The number of aromatic nitrogens is 3. The monoisotopic (exact) mass is 338 g/mol. The summed E-state index contributed by atoms with van der Waals surface area (Å²) in [4.78, 5) is 4.09. The molecule has 2 heterocycles. The molecule has 0 aliphatic carbocycles. The molecule has 2 aromatic heterocycles. The van der Waals surface area contributed by atoms with Crippen LogP contribution >= 0.6 is 0 Å². The van der Waals surface area contributed by atoms with Crippen LogP contribution in [0.5, 0.6) is 0 Å². The van der Waals surface area contributed by atoms with Crippen molar-refractivity contribution in [2.45, 2.75) is 40.0 Å². The molecule has 0 fully saturated rings. The average Bonchev–Trinajstić information content (AvgIpc) is 2.86. The van der Waals surface area contributed by atoms with E-state index >= 15 is 4.39 Å². The lowest BCUT2D eigenvalue weighted by atomic mass is 9.92. The van der Waals surface area contributed by atoms with Gasteiger partial charge >= 0.3 is 0 Å². The van der Waals surface area contributed by atoms with Gasteiger partial charge in [-0.1, -0.05) is 39.0 Å². The second kappa shape index (κ2) is 6.31. The quantitative estimate of drug-likeness (QED) is 0.725. The molecule has 0 spiro atoms. The molecule has 0 radical (unpaired) electrons. The van der Waals surface area contributed by atoms with Crippen molar-refractivity contribution < 1.29 is 4.39 Å². The van der Waals surface area contributed by atoms with Gasteiger partial charge in [-0.25, -0.2) is 9.07 Å². The number of para-hydroxylation sites is 1. The van der Waals surface area contributed by atoms with Crippen LogP contribution in [0, 0.1) is 19.7 Å². The van der Waals surface area contributed by atoms with E-state index in [4.69, 9.17) is 0 Å². The number of aryl methyl sites for hydroxylation is 2. The molecular weight excluding hydrogens is 315 g/mol. The third kappa shape index (κ3) is 3.27. The van der Waals surface area contributed by atoms with Gasteiger partial charge in [0.1, 0.15) is 5.69 Å². The van der Waals surface area contributed by atoms with Crippen LogP contribution in [0.25, 0.3) is 5.69 Å². The maximum atomic E-state index is 15.3. The summed E-state index contributed by atoms with van der Waals surface area (Å²) in [7, 11) is 0. The Morgan fingerprint density at radius 1 is 1.04 bits per heavy atom. The minimum Gasteiger partial charge on any atom is -0.336 e. The van der Waals surface area contributed by atoms with Crippen LogP contribution in [-0.2, 0) is 5.41 Å². The van der Waals surface area contributed by atoms with Gasteiger partial charge in [0.05, 0.1) is 17.6 Å². The third-order valence-corrected chi connectivity index (χ3v) is 4.11. The standard InChI is InChI=1S/C20H23FN4/c1-13-8-6-9-14(2)17(13)25-19(23-15-10-7-11-22-12-15)16(21)18(24-25)20(3,4)5/h6-12,23H,1-5H3. The molecule has 3 rings (SSSR count). The zero-order valence-corrected chi connectivity index (χ0v) is 15.3. The average molecular weight is 338 g/mol. The van der Waals surface area contributed by atoms with Crippen LogP contribution < -0.4 is 5.32 Å². The zero-order chi connectivity index (χ0) is 18.2. The van der Waals surface area contributed by atoms with E-state index in [1.807, 2.05) is 65.0 Å². The predicted molar refractivity (Wildman–Crippen MR) is 99.2 cm³/mol.